The van der Waals surface area contributed by atoms with E-state index in [0.29, 0.717) is 24.8 Å². The fraction of sp³-hybridized carbons (Fsp3) is 0.381. The summed E-state index contributed by atoms with van der Waals surface area (Å²) in [7, 11) is -2.29. The molecule has 12 heteroatoms. The molecule has 3 rings (SSSR count). The van der Waals surface area contributed by atoms with Gasteiger partial charge in [0.05, 0.1) is 42.4 Å². The normalized spacial score (nSPS) is 14.5. The van der Waals surface area contributed by atoms with Crippen LogP contribution in [-0.4, -0.2) is 74.4 Å². The highest BCUT2D eigenvalue weighted by molar-refractivity contribution is 8.00. The van der Waals surface area contributed by atoms with E-state index in [1.807, 2.05) is 13.0 Å². The second kappa shape index (κ2) is 11.5. The number of hydrogen-bond donors (Lipinski definition) is 2. The van der Waals surface area contributed by atoms with E-state index in [0.717, 1.165) is 17.3 Å². The number of benzene rings is 1. The molecule has 0 unspecified atom stereocenters. The van der Waals surface area contributed by atoms with E-state index in [1.165, 1.54) is 29.6 Å². The number of amides is 2. The second-order valence-electron chi connectivity index (χ2n) is 7.19. The Balaban J connectivity index is 1.58. The first kappa shape index (κ1) is 25.0. The van der Waals surface area contributed by atoms with E-state index in [-0.39, 0.29) is 47.0 Å². The van der Waals surface area contributed by atoms with Crippen LogP contribution in [0, 0.1) is 6.92 Å². The number of pyridine rings is 1. The van der Waals surface area contributed by atoms with Crippen molar-refractivity contribution in [3.05, 3.63) is 42.1 Å². The molecule has 2 amide bonds. The first-order chi connectivity index (χ1) is 15.8. The predicted molar refractivity (Wildman–Crippen MR) is 126 cm³/mol. The number of rotatable bonds is 9. The van der Waals surface area contributed by atoms with Gasteiger partial charge in [0, 0.05) is 19.3 Å². The Bertz CT molecular complexity index is 1100. The van der Waals surface area contributed by atoms with Crippen molar-refractivity contribution in [2.45, 2.75) is 11.8 Å². The van der Waals surface area contributed by atoms with Gasteiger partial charge in [0.1, 0.15) is 11.6 Å². The highest BCUT2D eigenvalue weighted by Gasteiger charge is 2.27. The zero-order valence-corrected chi connectivity index (χ0v) is 20.0. The number of aromatic nitrogens is 1. The van der Waals surface area contributed by atoms with Crippen molar-refractivity contribution in [2.75, 3.05) is 55.6 Å². The van der Waals surface area contributed by atoms with Crippen molar-refractivity contribution in [3.8, 4) is 5.75 Å². The fourth-order valence-electron chi connectivity index (χ4n) is 3.09. The highest BCUT2D eigenvalue weighted by atomic mass is 32.2. The summed E-state index contributed by atoms with van der Waals surface area (Å²) in [6, 6.07) is 7.89. The van der Waals surface area contributed by atoms with Gasteiger partial charge < -0.3 is 20.1 Å². The lowest BCUT2D eigenvalue weighted by molar-refractivity contribution is -0.114. The smallest absolute Gasteiger partial charge is 0.243 e. The maximum Gasteiger partial charge on any atom is 0.243 e. The number of carbonyl (C=O) groups is 2. The van der Waals surface area contributed by atoms with Gasteiger partial charge in [0.25, 0.3) is 0 Å². The number of methoxy groups -OCH3 is 1. The maximum absolute atomic E-state index is 12.9. The summed E-state index contributed by atoms with van der Waals surface area (Å²) in [5, 5.41) is 5.35. The maximum atomic E-state index is 12.9. The molecule has 1 aromatic carbocycles. The number of anilines is 2. The molecule has 10 nitrogen and oxygen atoms in total. The predicted octanol–water partition coefficient (Wildman–Crippen LogP) is 1.73. The van der Waals surface area contributed by atoms with Crippen LogP contribution in [0.3, 0.4) is 0 Å². The van der Waals surface area contributed by atoms with Gasteiger partial charge in [-0.2, -0.15) is 4.31 Å². The molecule has 0 saturated carbocycles. The summed E-state index contributed by atoms with van der Waals surface area (Å²) in [6.45, 7) is 3.11. The van der Waals surface area contributed by atoms with Crippen LogP contribution in [0.4, 0.5) is 11.5 Å². The van der Waals surface area contributed by atoms with Crippen molar-refractivity contribution in [2.24, 2.45) is 0 Å². The van der Waals surface area contributed by atoms with Gasteiger partial charge in [-0.05, 0) is 42.8 Å². The van der Waals surface area contributed by atoms with Gasteiger partial charge in [0.2, 0.25) is 21.8 Å². The molecule has 0 atom stereocenters. The summed E-state index contributed by atoms with van der Waals surface area (Å²) < 4.78 is 37.6. The first-order valence-corrected chi connectivity index (χ1v) is 12.7. The Hall–Kier alpha value is -2.67. The Labute approximate surface area is 197 Å². The SMILES string of the molecule is COc1ccc(S(=O)(=O)N2CCOCC2)cc1NC(=O)CSCC(=O)Nc1cc(C)ccn1. The number of nitrogens with one attached hydrogen (secondary N) is 2. The van der Waals surface area contributed by atoms with Crippen LogP contribution in [0.1, 0.15) is 5.56 Å². The van der Waals surface area contributed by atoms with Gasteiger partial charge in [-0.25, -0.2) is 13.4 Å². The lowest BCUT2D eigenvalue weighted by Gasteiger charge is -2.26. The molecule has 1 aliphatic heterocycles. The number of nitrogens with zero attached hydrogens (tertiary/aromatic N) is 2. The molecule has 2 heterocycles. The van der Waals surface area contributed by atoms with Gasteiger partial charge in [-0.15, -0.1) is 11.8 Å². The average molecular weight is 495 g/mol. The minimum Gasteiger partial charge on any atom is -0.495 e. The van der Waals surface area contributed by atoms with E-state index in [4.69, 9.17) is 9.47 Å². The largest absolute Gasteiger partial charge is 0.495 e. The third-order valence-corrected chi connectivity index (χ3v) is 7.53. The minimum atomic E-state index is -3.72. The number of hydrogen-bond acceptors (Lipinski definition) is 8. The molecular formula is C21H26N4O6S2. The number of carbonyl (C=O) groups excluding carboxylic acids is 2. The lowest BCUT2D eigenvalue weighted by atomic mass is 10.3. The van der Waals surface area contributed by atoms with Gasteiger partial charge in [-0.1, -0.05) is 0 Å². The summed E-state index contributed by atoms with van der Waals surface area (Å²) >= 11 is 1.13. The standard InChI is InChI=1S/C21H26N4O6S2/c1-15-5-6-22-19(11-15)24-21(27)14-32-13-20(26)23-17-12-16(3-4-18(17)30-2)33(28,29)25-7-9-31-10-8-25/h3-6,11-12H,7-10,13-14H2,1-2H3,(H,23,26)(H,22,24,27). The average Bonchev–Trinajstić information content (AvgIpc) is 2.79. The monoisotopic (exact) mass is 494 g/mol. The molecule has 0 aliphatic carbocycles. The Morgan fingerprint density at radius 2 is 1.82 bits per heavy atom. The molecule has 2 aromatic rings. The van der Waals surface area contributed by atoms with Crippen molar-refractivity contribution in [3.63, 3.8) is 0 Å². The molecule has 1 fully saturated rings. The van der Waals surface area contributed by atoms with Crippen molar-refractivity contribution >= 4 is 45.1 Å². The fourth-order valence-corrected chi connectivity index (χ4v) is 5.14. The van der Waals surface area contributed by atoms with Crippen LogP contribution in [0.2, 0.25) is 0 Å². The van der Waals surface area contributed by atoms with Crippen LogP contribution in [0.5, 0.6) is 5.75 Å². The Morgan fingerprint density at radius 3 is 2.48 bits per heavy atom. The number of morpholine rings is 1. The molecule has 1 aromatic heterocycles. The number of thioether (sulfide) groups is 1. The minimum absolute atomic E-state index is 0.00172. The zero-order chi connectivity index (χ0) is 23.8. The van der Waals surface area contributed by atoms with Crippen molar-refractivity contribution < 1.29 is 27.5 Å². The van der Waals surface area contributed by atoms with Crippen LogP contribution < -0.4 is 15.4 Å². The van der Waals surface area contributed by atoms with Crippen LogP contribution >= 0.6 is 11.8 Å². The summed E-state index contributed by atoms with van der Waals surface area (Å²) in [5.74, 6) is 0.178. The molecule has 33 heavy (non-hydrogen) atoms. The topological polar surface area (TPSA) is 127 Å². The molecule has 1 saturated heterocycles. The highest BCUT2D eigenvalue weighted by Crippen LogP contribution is 2.29. The first-order valence-electron chi connectivity index (χ1n) is 10.2. The molecule has 1 aliphatic rings. The molecule has 2 N–H and O–H groups in total. The number of sulfonamides is 1. The zero-order valence-electron chi connectivity index (χ0n) is 18.4. The van der Waals surface area contributed by atoms with E-state index in [1.54, 1.807) is 12.3 Å². The molecule has 0 bridgehead atoms. The number of aryl methyl sites for hydroxylation is 1. The molecule has 0 spiro atoms. The van der Waals surface area contributed by atoms with Gasteiger partial charge in [-0.3, -0.25) is 9.59 Å². The third-order valence-electron chi connectivity index (χ3n) is 4.70. The van der Waals surface area contributed by atoms with Crippen LogP contribution in [-0.2, 0) is 24.3 Å². The van der Waals surface area contributed by atoms with Crippen LogP contribution in [0.25, 0.3) is 0 Å². The summed E-state index contributed by atoms with van der Waals surface area (Å²) in [6.07, 6.45) is 1.60. The quantitative estimate of drug-likeness (QED) is 0.540. The molecule has 178 valence electrons. The Morgan fingerprint density at radius 1 is 1.12 bits per heavy atom. The second-order valence-corrected chi connectivity index (χ2v) is 10.1. The molecular weight excluding hydrogens is 468 g/mol. The third kappa shape index (κ3) is 6.90. The van der Waals surface area contributed by atoms with Crippen LogP contribution in [0.15, 0.2) is 41.4 Å². The summed E-state index contributed by atoms with van der Waals surface area (Å²) in [5.41, 5.74) is 1.21. The van der Waals surface area contributed by atoms with Crippen molar-refractivity contribution in [1.29, 1.82) is 0 Å². The van der Waals surface area contributed by atoms with E-state index in [2.05, 4.69) is 15.6 Å². The van der Waals surface area contributed by atoms with Crippen molar-refractivity contribution in [1.82, 2.24) is 9.29 Å². The Kier molecular flexibility index (Phi) is 8.67. The number of ether oxygens (including phenoxy) is 2. The van der Waals surface area contributed by atoms with Gasteiger partial charge >= 0.3 is 0 Å². The van der Waals surface area contributed by atoms with E-state index >= 15 is 0 Å². The molecule has 0 radical (unpaired) electrons. The van der Waals surface area contributed by atoms with Gasteiger partial charge in [0.15, 0.2) is 0 Å². The lowest BCUT2D eigenvalue weighted by Crippen LogP contribution is -2.40. The van der Waals surface area contributed by atoms with E-state index < -0.39 is 10.0 Å². The van der Waals surface area contributed by atoms with E-state index in [9.17, 15) is 18.0 Å². The summed E-state index contributed by atoms with van der Waals surface area (Å²) in [4.78, 5) is 28.6.